The van der Waals surface area contributed by atoms with Gasteiger partial charge in [0.15, 0.2) is 0 Å². The minimum absolute atomic E-state index is 0.169. The minimum Gasteiger partial charge on any atom is -0.480 e. The third-order valence-corrected chi connectivity index (χ3v) is 6.06. The summed E-state index contributed by atoms with van der Waals surface area (Å²) in [6, 6.07) is 15.5. The van der Waals surface area contributed by atoms with Crippen LogP contribution in [0.5, 0.6) is 0 Å². The van der Waals surface area contributed by atoms with E-state index in [2.05, 4.69) is 32.2 Å². The van der Waals surface area contributed by atoms with E-state index in [1.54, 1.807) is 24.3 Å². The fourth-order valence-electron chi connectivity index (χ4n) is 4.45. The quantitative estimate of drug-likeness (QED) is 0.661. The number of halogens is 2. The molecule has 0 amide bonds. The van der Waals surface area contributed by atoms with Crippen LogP contribution in [0.15, 0.2) is 48.5 Å². The largest absolute Gasteiger partial charge is 0.480 e. The molecule has 2 aromatic rings. The lowest BCUT2D eigenvalue weighted by molar-refractivity contribution is -0.140. The van der Waals surface area contributed by atoms with Gasteiger partial charge >= 0.3 is 5.97 Å². The summed E-state index contributed by atoms with van der Waals surface area (Å²) in [5.41, 5.74) is 0.278. The highest BCUT2D eigenvalue weighted by molar-refractivity contribution is 6.30. The standard InChI is InChI=1S/C23H24Cl2N2O2/c1-22(2,3)12-18-19(21(28)29)27-20(14-5-4-6-17(25)11-14)23(18,13-26)15-7-9-16(24)10-8-15/h4-11,18-20,27H,12H2,1-3H3,(H,28,29)/t18-,19+,20+,23+/m0/s1. The van der Waals surface area contributed by atoms with Gasteiger partial charge in [-0.1, -0.05) is 68.2 Å². The van der Waals surface area contributed by atoms with E-state index in [9.17, 15) is 15.2 Å². The molecule has 4 nitrogen and oxygen atoms in total. The van der Waals surface area contributed by atoms with Crippen molar-refractivity contribution in [1.82, 2.24) is 5.32 Å². The van der Waals surface area contributed by atoms with E-state index in [0.717, 1.165) is 11.1 Å². The van der Waals surface area contributed by atoms with Crippen LogP contribution in [0.1, 0.15) is 44.4 Å². The van der Waals surface area contributed by atoms with Gasteiger partial charge in [-0.2, -0.15) is 5.26 Å². The van der Waals surface area contributed by atoms with Gasteiger partial charge < -0.3 is 5.11 Å². The number of nitrogens with zero attached hydrogens (tertiary/aromatic N) is 1. The molecule has 0 bridgehead atoms. The summed E-state index contributed by atoms with van der Waals surface area (Å²) in [6.45, 7) is 6.17. The van der Waals surface area contributed by atoms with Crippen LogP contribution in [0.2, 0.25) is 10.0 Å². The topological polar surface area (TPSA) is 73.1 Å². The average molecular weight is 431 g/mol. The number of hydrogen-bond acceptors (Lipinski definition) is 3. The zero-order valence-corrected chi connectivity index (χ0v) is 18.1. The van der Waals surface area contributed by atoms with E-state index in [-0.39, 0.29) is 5.41 Å². The molecule has 4 atom stereocenters. The number of carboxylic acid groups (broad SMARTS) is 1. The van der Waals surface area contributed by atoms with Crippen LogP contribution in [0.25, 0.3) is 0 Å². The number of carboxylic acids is 1. The average Bonchev–Trinajstić information content (AvgIpc) is 2.96. The molecular weight excluding hydrogens is 407 g/mol. The molecule has 1 fully saturated rings. The van der Waals surface area contributed by atoms with E-state index in [1.807, 2.05) is 24.3 Å². The van der Waals surface area contributed by atoms with Gasteiger partial charge in [-0.3, -0.25) is 10.1 Å². The van der Waals surface area contributed by atoms with Crippen molar-refractivity contribution in [1.29, 1.82) is 5.26 Å². The van der Waals surface area contributed by atoms with Crippen LogP contribution < -0.4 is 5.32 Å². The number of carbonyl (C=O) groups is 1. The predicted molar refractivity (Wildman–Crippen MR) is 115 cm³/mol. The van der Waals surface area contributed by atoms with Crippen molar-refractivity contribution >= 4 is 29.2 Å². The molecule has 152 valence electrons. The number of rotatable bonds is 4. The second-order valence-corrected chi connectivity index (χ2v) is 9.70. The van der Waals surface area contributed by atoms with Crippen molar-refractivity contribution in [2.45, 2.75) is 44.7 Å². The summed E-state index contributed by atoms with van der Waals surface area (Å²) in [4.78, 5) is 12.2. The molecule has 2 N–H and O–H groups in total. The van der Waals surface area contributed by atoms with E-state index in [1.165, 1.54) is 0 Å². The maximum absolute atomic E-state index is 12.2. The van der Waals surface area contributed by atoms with Gasteiger partial charge in [0.2, 0.25) is 0 Å². The number of nitrogens with one attached hydrogen (secondary N) is 1. The van der Waals surface area contributed by atoms with E-state index < -0.39 is 29.4 Å². The van der Waals surface area contributed by atoms with Gasteiger partial charge in [0.25, 0.3) is 0 Å². The van der Waals surface area contributed by atoms with Gasteiger partial charge in [0.05, 0.1) is 12.1 Å². The van der Waals surface area contributed by atoms with Crippen LogP contribution in [-0.4, -0.2) is 17.1 Å². The van der Waals surface area contributed by atoms with Gasteiger partial charge in [0, 0.05) is 16.0 Å². The maximum atomic E-state index is 12.2. The SMILES string of the molecule is CC(C)(C)C[C@H]1[C@H](C(=O)O)N[C@H](c2cccc(Cl)c2)[C@]1(C#N)c1ccc(Cl)cc1. The highest BCUT2D eigenvalue weighted by Crippen LogP contribution is 2.53. The molecule has 0 saturated carbocycles. The molecule has 1 saturated heterocycles. The fraction of sp³-hybridized carbons (Fsp3) is 0.391. The second-order valence-electron chi connectivity index (χ2n) is 8.83. The van der Waals surface area contributed by atoms with Crippen LogP contribution in [-0.2, 0) is 10.2 Å². The molecule has 1 heterocycles. The third-order valence-electron chi connectivity index (χ3n) is 5.58. The summed E-state index contributed by atoms with van der Waals surface area (Å²) in [5.74, 6) is -1.41. The Bertz CT molecular complexity index is 947. The Morgan fingerprint density at radius 2 is 1.83 bits per heavy atom. The highest BCUT2D eigenvalue weighted by Gasteiger charge is 2.59. The monoisotopic (exact) mass is 430 g/mol. The summed E-state index contributed by atoms with van der Waals surface area (Å²) in [6.07, 6.45) is 0.560. The first-order valence-corrected chi connectivity index (χ1v) is 10.3. The molecule has 0 unspecified atom stereocenters. The smallest absolute Gasteiger partial charge is 0.321 e. The number of benzene rings is 2. The molecule has 6 heteroatoms. The molecule has 3 rings (SSSR count). The first kappa shape index (κ1) is 21.6. The Balaban J connectivity index is 2.27. The molecular formula is C23H24Cl2N2O2. The van der Waals surface area contributed by atoms with Crippen molar-refractivity contribution in [2.75, 3.05) is 0 Å². The molecule has 0 aliphatic carbocycles. The fourth-order valence-corrected chi connectivity index (χ4v) is 4.77. The molecule has 0 spiro atoms. The lowest BCUT2D eigenvalue weighted by Crippen LogP contribution is -2.41. The number of hydrogen-bond donors (Lipinski definition) is 2. The zero-order valence-electron chi connectivity index (χ0n) is 16.6. The Hall–Kier alpha value is -2.06. The van der Waals surface area contributed by atoms with Crippen molar-refractivity contribution in [2.24, 2.45) is 11.3 Å². The first-order valence-electron chi connectivity index (χ1n) is 9.50. The molecule has 29 heavy (non-hydrogen) atoms. The van der Waals surface area contributed by atoms with Crippen molar-refractivity contribution in [3.8, 4) is 6.07 Å². The van der Waals surface area contributed by atoms with Crippen LogP contribution in [0.4, 0.5) is 0 Å². The Kier molecular flexibility index (Phi) is 5.96. The Morgan fingerprint density at radius 3 is 2.34 bits per heavy atom. The lowest BCUT2D eigenvalue weighted by Gasteiger charge is -2.37. The van der Waals surface area contributed by atoms with E-state index in [0.29, 0.717) is 16.5 Å². The predicted octanol–water partition coefficient (Wildman–Crippen LogP) is 5.60. The third kappa shape index (κ3) is 4.14. The zero-order chi connectivity index (χ0) is 21.4. The van der Waals surface area contributed by atoms with Crippen LogP contribution in [0, 0.1) is 22.7 Å². The summed E-state index contributed by atoms with van der Waals surface area (Å²) >= 11 is 12.3. The molecule has 1 aliphatic heterocycles. The molecule has 1 aliphatic rings. The highest BCUT2D eigenvalue weighted by atomic mass is 35.5. The Morgan fingerprint density at radius 1 is 1.17 bits per heavy atom. The molecule has 0 radical (unpaired) electrons. The summed E-state index contributed by atoms with van der Waals surface area (Å²) in [7, 11) is 0. The van der Waals surface area contributed by atoms with Crippen LogP contribution >= 0.6 is 23.2 Å². The lowest BCUT2D eigenvalue weighted by atomic mass is 9.62. The Labute approximate surface area is 181 Å². The number of aliphatic carboxylic acids is 1. The molecule has 2 aromatic carbocycles. The van der Waals surface area contributed by atoms with Crippen molar-refractivity contribution in [3.63, 3.8) is 0 Å². The van der Waals surface area contributed by atoms with Gasteiger partial charge in [-0.25, -0.2) is 0 Å². The normalized spacial score (nSPS) is 26.8. The van der Waals surface area contributed by atoms with Crippen molar-refractivity contribution < 1.29 is 9.90 Å². The maximum Gasteiger partial charge on any atom is 0.321 e. The van der Waals surface area contributed by atoms with Gasteiger partial charge in [-0.05, 0) is 47.2 Å². The van der Waals surface area contributed by atoms with E-state index >= 15 is 0 Å². The van der Waals surface area contributed by atoms with Crippen molar-refractivity contribution in [3.05, 3.63) is 69.7 Å². The number of nitriles is 1. The van der Waals surface area contributed by atoms with Gasteiger partial charge in [-0.15, -0.1) is 0 Å². The van der Waals surface area contributed by atoms with Gasteiger partial charge in [0.1, 0.15) is 11.5 Å². The first-order chi connectivity index (χ1) is 13.6. The molecule has 0 aromatic heterocycles. The van der Waals surface area contributed by atoms with E-state index in [4.69, 9.17) is 23.2 Å². The van der Waals surface area contributed by atoms with Crippen LogP contribution in [0.3, 0.4) is 0 Å². The summed E-state index contributed by atoms with van der Waals surface area (Å²) < 4.78 is 0. The second kappa shape index (κ2) is 7.99. The summed E-state index contributed by atoms with van der Waals surface area (Å²) in [5, 5.41) is 24.9. The minimum atomic E-state index is -1.09.